The van der Waals surface area contributed by atoms with Crippen molar-refractivity contribution in [2.24, 2.45) is 29.1 Å². The molecule has 108 valence electrons. The van der Waals surface area contributed by atoms with Crippen LogP contribution < -0.4 is 0 Å². The van der Waals surface area contributed by atoms with Crippen molar-refractivity contribution in [3.8, 4) is 0 Å². The Hall–Kier alpha value is -1.32. The summed E-state index contributed by atoms with van der Waals surface area (Å²) in [4.78, 5) is 23.9. The minimum atomic E-state index is -0.832. The molecule has 4 nitrogen and oxygen atoms in total. The van der Waals surface area contributed by atoms with Gasteiger partial charge >= 0.3 is 11.9 Å². The molecule has 0 amide bonds. The van der Waals surface area contributed by atoms with E-state index in [9.17, 15) is 14.7 Å². The predicted octanol–water partition coefficient (Wildman–Crippen LogP) is 2.39. The first kappa shape index (κ1) is 12.4. The number of hydrogen-bond donors (Lipinski definition) is 1. The molecule has 1 N–H and O–H groups in total. The molecule has 0 aromatic rings. The van der Waals surface area contributed by atoms with Crippen molar-refractivity contribution in [3.05, 3.63) is 12.7 Å². The van der Waals surface area contributed by atoms with E-state index in [2.05, 4.69) is 6.58 Å². The zero-order valence-electron chi connectivity index (χ0n) is 11.5. The average molecular weight is 276 g/mol. The van der Waals surface area contributed by atoms with E-state index in [0.717, 1.165) is 19.3 Å². The number of carbonyl (C=O) groups is 2. The first-order valence-corrected chi connectivity index (χ1v) is 7.64. The summed E-state index contributed by atoms with van der Waals surface area (Å²) in [6, 6.07) is 0. The maximum atomic E-state index is 12.1. The SMILES string of the molecule is C=CC(=O)OC12C3CCC(C3)C1C1CCC2(C(=O)O)C1. The molecular formula is C16H20O4. The summed E-state index contributed by atoms with van der Waals surface area (Å²) in [7, 11) is 0. The molecule has 4 heteroatoms. The van der Waals surface area contributed by atoms with Gasteiger partial charge in [-0.25, -0.2) is 4.79 Å². The molecule has 4 fully saturated rings. The number of esters is 1. The number of fused-ring (bicyclic) bond motifs is 9. The second-order valence-electron chi connectivity index (χ2n) is 7.10. The van der Waals surface area contributed by atoms with Crippen LogP contribution in [0.4, 0.5) is 0 Å². The van der Waals surface area contributed by atoms with Gasteiger partial charge in [-0.15, -0.1) is 0 Å². The Morgan fingerprint density at radius 1 is 1.25 bits per heavy atom. The second-order valence-corrected chi connectivity index (χ2v) is 7.10. The van der Waals surface area contributed by atoms with E-state index >= 15 is 0 Å². The Kier molecular flexibility index (Phi) is 2.27. The average Bonchev–Trinajstić information content (AvgIpc) is 3.15. The highest BCUT2D eigenvalue weighted by Crippen LogP contribution is 2.75. The smallest absolute Gasteiger partial charge is 0.330 e. The molecule has 6 atom stereocenters. The molecule has 4 rings (SSSR count). The van der Waals surface area contributed by atoms with E-state index in [0.29, 0.717) is 24.7 Å². The number of carboxylic acid groups (broad SMARTS) is 1. The van der Waals surface area contributed by atoms with Crippen LogP contribution in [0.2, 0.25) is 0 Å². The monoisotopic (exact) mass is 276 g/mol. The fraction of sp³-hybridized carbons (Fsp3) is 0.750. The van der Waals surface area contributed by atoms with Crippen LogP contribution in [0.5, 0.6) is 0 Å². The Balaban J connectivity index is 1.86. The molecule has 4 aliphatic carbocycles. The van der Waals surface area contributed by atoms with Crippen LogP contribution in [0.15, 0.2) is 12.7 Å². The topological polar surface area (TPSA) is 63.6 Å². The number of carboxylic acids is 1. The maximum Gasteiger partial charge on any atom is 0.330 e. The number of rotatable bonds is 3. The van der Waals surface area contributed by atoms with Gasteiger partial charge in [0.2, 0.25) is 0 Å². The maximum absolute atomic E-state index is 12.1. The molecule has 4 bridgehead atoms. The highest BCUT2D eigenvalue weighted by Gasteiger charge is 2.80. The van der Waals surface area contributed by atoms with Gasteiger partial charge in [0.25, 0.3) is 0 Å². The fourth-order valence-electron chi connectivity index (χ4n) is 6.36. The van der Waals surface area contributed by atoms with E-state index in [1.807, 2.05) is 0 Å². The summed E-state index contributed by atoms with van der Waals surface area (Å²) >= 11 is 0. The van der Waals surface area contributed by atoms with Crippen LogP contribution in [0.3, 0.4) is 0 Å². The Morgan fingerprint density at radius 2 is 2.05 bits per heavy atom. The third-order valence-corrected chi connectivity index (χ3v) is 6.74. The summed E-state index contributed by atoms with van der Waals surface area (Å²) in [6.07, 6.45) is 6.75. The molecule has 0 aliphatic heterocycles. The van der Waals surface area contributed by atoms with Crippen molar-refractivity contribution in [1.29, 1.82) is 0 Å². The van der Waals surface area contributed by atoms with Gasteiger partial charge in [-0.2, -0.15) is 0 Å². The molecule has 0 aromatic carbocycles. The quantitative estimate of drug-likeness (QED) is 0.488. The number of hydrogen-bond acceptors (Lipinski definition) is 3. The van der Waals surface area contributed by atoms with E-state index in [1.165, 1.54) is 12.5 Å². The number of carbonyl (C=O) groups excluding carboxylic acids is 1. The molecule has 0 aromatic heterocycles. The molecule has 4 saturated carbocycles. The minimum absolute atomic E-state index is 0.239. The second kappa shape index (κ2) is 3.66. The van der Waals surface area contributed by atoms with Gasteiger partial charge in [0, 0.05) is 17.9 Å². The molecule has 4 aliphatic rings. The van der Waals surface area contributed by atoms with Crippen LogP contribution in [0.25, 0.3) is 0 Å². The zero-order valence-corrected chi connectivity index (χ0v) is 11.5. The minimum Gasteiger partial charge on any atom is -0.481 e. The molecular weight excluding hydrogens is 256 g/mol. The normalized spacial score (nSPS) is 51.0. The summed E-state index contributed by atoms with van der Waals surface area (Å²) in [5.41, 5.74) is -1.57. The highest BCUT2D eigenvalue weighted by molar-refractivity contribution is 5.84. The third-order valence-electron chi connectivity index (χ3n) is 6.74. The Labute approximate surface area is 118 Å². The van der Waals surface area contributed by atoms with Crippen molar-refractivity contribution in [2.75, 3.05) is 0 Å². The van der Waals surface area contributed by atoms with Gasteiger partial charge in [-0.05, 0) is 50.4 Å². The Bertz CT molecular complexity index is 513. The lowest BCUT2D eigenvalue weighted by Gasteiger charge is -2.50. The third kappa shape index (κ3) is 1.11. The molecule has 6 unspecified atom stereocenters. The van der Waals surface area contributed by atoms with Gasteiger partial charge < -0.3 is 9.84 Å². The Morgan fingerprint density at radius 3 is 2.75 bits per heavy atom. The van der Waals surface area contributed by atoms with Crippen LogP contribution in [-0.2, 0) is 14.3 Å². The molecule has 0 heterocycles. The van der Waals surface area contributed by atoms with Gasteiger partial charge in [-0.1, -0.05) is 6.58 Å². The first-order chi connectivity index (χ1) is 9.55. The molecule has 20 heavy (non-hydrogen) atoms. The van der Waals surface area contributed by atoms with Crippen LogP contribution in [0, 0.1) is 29.1 Å². The highest BCUT2D eigenvalue weighted by atomic mass is 16.6. The largest absolute Gasteiger partial charge is 0.481 e. The summed E-state index contributed by atoms with van der Waals surface area (Å²) in [5.74, 6) is 0.295. The van der Waals surface area contributed by atoms with Crippen LogP contribution >= 0.6 is 0 Å². The lowest BCUT2D eigenvalue weighted by Crippen LogP contribution is -2.59. The van der Waals surface area contributed by atoms with Crippen molar-refractivity contribution in [2.45, 2.75) is 44.1 Å². The molecule has 0 saturated heterocycles. The van der Waals surface area contributed by atoms with Crippen molar-refractivity contribution >= 4 is 11.9 Å². The first-order valence-electron chi connectivity index (χ1n) is 7.64. The van der Waals surface area contributed by atoms with Crippen molar-refractivity contribution in [3.63, 3.8) is 0 Å². The van der Waals surface area contributed by atoms with E-state index in [-0.39, 0.29) is 11.8 Å². The van der Waals surface area contributed by atoms with Gasteiger partial charge in [0.05, 0.1) is 0 Å². The lowest BCUT2D eigenvalue weighted by atomic mass is 9.60. The fourth-order valence-corrected chi connectivity index (χ4v) is 6.36. The molecule has 0 spiro atoms. The summed E-state index contributed by atoms with van der Waals surface area (Å²) < 4.78 is 5.87. The van der Waals surface area contributed by atoms with Crippen LogP contribution in [-0.4, -0.2) is 22.6 Å². The standard InChI is InChI=1S/C16H20O4/c1-2-12(17)20-16-11-4-3-9(7-11)13(16)10-5-6-15(16,8-10)14(18)19/h2,9-11,13H,1,3-8H2,(H,18,19). The van der Waals surface area contributed by atoms with Crippen molar-refractivity contribution < 1.29 is 19.4 Å². The zero-order chi connectivity index (χ0) is 14.1. The predicted molar refractivity (Wildman–Crippen MR) is 70.8 cm³/mol. The summed E-state index contributed by atoms with van der Waals surface area (Å²) in [5, 5.41) is 9.90. The van der Waals surface area contributed by atoms with Crippen LogP contribution in [0.1, 0.15) is 38.5 Å². The van der Waals surface area contributed by atoms with E-state index < -0.39 is 23.0 Å². The van der Waals surface area contributed by atoms with Gasteiger partial charge in [0.1, 0.15) is 11.0 Å². The van der Waals surface area contributed by atoms with E-state index in [4.69, 9.17) is 4.74 Å². The summed E-state index contributed by atoms with van der Waals surface area (Å²) in [6.45, 7) is 3.48. The van der Waals surface area contributed by atoms with Gasteiger partial charge in [-0.3, -0.25) is 4.79 Å². The van der Waals surface area contributed by atoms with Crippen molar-refractivity contribution in [1.82, 2.24) is 0 Å². The van der Waals surface area contributed by atoms with Gasteiger partial charge in [0.15, 0.2) is 0 Å². The molecule has 0 radical (unpaired) electrons. The number of aliphatic carboxylic acids is 1. The number of ether oxygens (including phenoxy) is 1. The van der Waals surface area contributed by atoms with E-state index in [1.54, 1.807) is 0 Å². The lowest BCUT2D eigenvalue weighted by molar-refractivity contribution is -0.203.